The maximum Gasteiger partial charge on any atom is 0.191 e. The van der Waals surface area contributed by atoms with Crippen molar-refractivity contribution in [1.82, 2.24) is 15.5 Å². The van der Waals surface area contributed by atoms with Crippen LogP contribution < -0.4 is 10.6 Å². The van der Waals surface area contributed by atoms with Crippen LogP contribution in [0.3, 0.4) is 0 Å². The summed E-state index contributed by atoms with van der Waals surface area (Å²) >= 11 is 0. The number of guanidine groups is 1. The smallest absolute Gasteiger partial charge is 0.191 e. The minimum absolute atomic E-state index is 0.604. The highest BCUT2D eigenvalue weighted by Gasteiger charge is 2.33. The van der Waals surface area contributed by atoms with E-state index in [9.17, 15) is 0 Å². The van der Waals surface area contributed by atoms with E-state index < -0.39 is 0 Å². The van der Waals surface area contributed by atoms with Gasteiger partial charge in [0.05, 0.1) is 13.2 Å². The molecule has 2 N–H and O–H groups in total. The van der Waals surface area contributed by atoms with Gasteiger partial charge in [-0.2, -0.15) is 0 Å². The number of rotatable bonds is 12. The molecule has 6 heteroatoms. The Morgan fingerprint density at radius 2 is 1.96 bits per heavy atom. The number of hydrogen-bond donors (Lipinski definition) is 2. The average molecular weight is 353 g/mol. The topological polar surface area (TPSA) is 58.1 Å². The van der Waals surface area contributed by atoms with E-state index in [4.69, 9.17) is 9.47 Å². The Morgan fingerprint density at radius 3 is 2.64 bits per heavy atom. The molecule has 25 heavy (non-hydrogen) atoms. The minimum Gasteiger partial charge on any atom is -0.381 e. The first-order valence-corrected chi connectivity index (χ1v) is 10.2. The lowest BCUT2D eigenvalue weighted by Gasteiger charge is -2.22. The van der Waals surface area contributed by atoms with Gasteiger partial charge in [-0.15, -0.1) is 0 Å². The molecule has 2 saturated carbocycles. The molecule has 6 nitrogen and oxygen atoms in total. The fourth-order valence-electron chi connectivity index (χ4n) is 3.38. The molecule has 0 radical (unpaired) electrons. The van der Waals surface area contributed by atoms with Gasteiger partial charge in [0.1, 0.15) is 0 Å². The summed E-state index contributed by atoms with van der Waals surface area (Å²) in [6.45, 7) is 7.72. The quantitative estimate of drug-likeness (QED) is 0.316. The first-order valence-electron chi connectivity index (χ1n) is 10.2. The zero-order valence-corrected chi connectivity index (χ0v) is 15.8. The van der Waals surface area contributed by atoms with Crippen LogP contribution >= 0.6 is 0 Å². The third-order valence-electron chi connectivity index (χ3n) is 5.30. The van der Waals surface area contributed by atoms with Gasteiger partial charge in [-0.25, -0.2) is 0 Å². The fourth-order valence-corrected chi connectivity index (χ4v) is 3.38. The van der Waals surface area contributed by atoms with Crippen LogP contribution in [0.2, 0.25) is 0 Å². The first-order chi connectivity index (χ1) is 12.3. The highest BCUT2D eigenvalue weighted by molar-refractivity contribution is 5.79. The second-order valence-electron chi connectivity index (χ2n) is 7.75. The van der Waals surface area contributed by atoms with Gasteiger partial charge in [-0.05, 0) is 44.4 Å². The van der Waals surface area contributed by atoms with Gasteiger partial charge >= 0.3 is 0 Å². The molecular formula is C19H36N4O2. The van der Waals surface area contributed by atoms with E-state index in [-0.39, 0.29) is 0 Å². The summed E-state index contributed by atoms with van der Waals surface area (Å²) in [6, 6.07) is 0.861. The monoisotopic (exact) mass is 352 g/mol. The van der Waals surface area contributed by atoms with Crippen LogP contribution in [-0.2, 0) is 9.47 Å². The van der Waals surface area contributed by atoms with Crippen LogP contribution in [0.5, 0.6) is 0 Å². The molecule has 0 aromatic heterocycles. The Hall–Kier alpha value is -0.850. The van der Waals surface area contributed by atoms with Gasteiger partial charge < -0.3 is 20.1 Å². The molecule has 0 bridgehead atoms. The molecule has 144 valence electrons. The molecule has 1 unspecified atom stereocenters. The third kappa shape index (κ3) is 7.50. The molecule has 2 aliphatic carbocycles. The van der Waals surface area contributed by atoms with Crippen molar-refractivity contribution in [3.8, 4) is 0 Å². The van der Waals surface area contributed by atoms with Crippen LogP contribution in [-0.4, -0.2) is 76.6 Å². The van der Waals surface area contributed by atoms with E-state index in [0.29, 0.717) is 5.92 Å². The lowest BCUT2D eigenvalue weighted by Crippen LogP contribution is -2.43. The molecular weight excluding hydrogens is 316 g/mol. The van der Waals surface area contributed by atoms with E-state index in [1.165, 1.54) is 32.2 Å². The third-order valence-corrected chi connectivity index (χ3v) is 5.30. The maximum atomic E-state index is 5.73. The highest BCUT2D eigenvalue weighted by Crippen LogP contribution is 2.34. The van der Waals surface area contributed by atoms with Gasteiger partial charge in [-0.1, -0.05) is 0 Å². The molecule has 0 spiro atoms. The lowest BCUT2D eigenvalue weighted by molar-refractivity contribution is 0.0888. The molecule has 1 atom stereocenters. The van der Waals surface area contributed by atoms with Gasteiger partial charge in [0.15, 0.2) is 5.96 Å². The Kier molecular flexibility index (Phi) is 7.82. The largest absolute Gasteiger partial charge is 0.381 e. The summed E-state index contributed by atoms with van der Waals surface area (Å²) in [5.41, 5.74) is 0. The first kappa shape index (κ1) is 18.9. The fraction of sp³-hybridized carbons (Fsp3) is 0.947. The molecule has 1 heterocycles. The van der Waals surface area contributed by atoms with Gasteiger partial charge in [-0.3, -0.25) is 9.89 Å². The van der Waals surface area contributed by atoms with E-state index in [0.717, 1.165) is 76.8 Å². The van der Waals surface area contributed by atoms with Crippen LogP contribution in [0.1, 0.15) is 38.5 Å². The van der Waals surface area contributed by atoms with Crippen molar-refractivity contribution in [2.45, 2.75) is 44.6 Å². The summed E-state index contributed by atoms with van der Waals surface area (Å²) in [7, 11) is 1.84. The van der Waals surface area contributed by atoms with Crippen molar-refractivity contribution in [1.29, 1.82) is 0 Å². The highest BCUT2D eigenvalue weighted by atomic mass is 16.5. The van der Waals surface area contributed by atoms with Crippen molar-refractivity contribution in [3.63, 3.8) is 0 Å². The number of nitrogens with one attached hydrogen (secondary N) is 2. The van der Waals surface area contributed by atoms with Crippen LogP contribution in [0.25, 0.3) is 0 Å². The molecule has 0 aromatic carbocycles. The SMILES string of the molecule is CN=C(NCCCOCC1CCOC1)NCCN(CC1CC1)C1CC1. The molecule has 3 aliphatic rings. The number of aliphatic imine (C=N–C) groups is 1. The summed E-state index contributed by atoms with van der Waals surface area (Å²) in [6.07, 6.45) is 7.82. The summed E-state index contributed by atoms with van der Waals surface area (Å²) < 4.78 is 11.1. The number of nitrogens with zero attached hydrogens (tertiary/aromatic N) is 2. The molecule has 0 aromatic rings. The molecule has 1 aliphatic heterocycles. The van der Waals surface area contributed by atoms with E-state index in [1.807, 2.05) is 7.05 Å². The Balaban J connectivity index is 1.19. The molecule has 1 saturated heterocycles. The Bertz CT molecular complexity index is 404. The van der Waals surface area contributed by atoms with Crippen molar-refractivity contribution >= 4 is 5.96 Å². The van der Waals surface area contributed by atoms with Crippen LogP contribution in [0, 0.1) is 11.8 Å². The van der Waals surface area contributed by atoms with E-state index >= 15 is 0 Å². The number of hydrogen-bond acceptors (Lipinski definition) is 4. The summed E-state index contributed by atoms with van der Waals surface area (Å²) in [4.78, 5) is 7.00. The predicted octanol–water partition coefficient (Wildman–Crippen LogP) is 1.47. The molecule has 0 amide bonds. The van der Waals surface area contributed by atoms with Crippen molar-refractivity contribution in [2.24, 2.45) is 16.8 Å². The van der Waals surface area contributed by atoms with E-state index in [2.05, 4.69) is 20.5 Å². The summed E-state index contributed by atoms with van der Waals surface area (Å²) in [5, 5.41) is 6.84. The minimum atomic E-state index is 0.604. The Labute approximate surface area is 152 Å². The lowest BCUT2D eigenvalue weighted by atomic mass is 10.1. The van der Waals surface area contributed by atoms with Crippen molar-refractivity contribution < 1.29 is 9.47 Å². The van der Waals surface area contributed by atoms with Crippen molar-refractivity contribution in [2.75, 3.05) is 59.7 Å². The molecule has 3 fully saturated rings. The van der Waals surface area contributed by atoms with Crippen LogP contribution in [0.15, 0.2) is 4.99 Å². The normalized spacial score (nSPS) is 24.1. The van der Waals surface area contributed by atoms with Crippen LogP contribution in [0.4, 0.5) is 0 Å². The summed E-state index contributed by atoms with van der Waals surface area (Å²) in [5.74, 6) is 2.49. The Morgan fingerprint density at radius 1 is 1.12 bits per heavy atom. The average Bonchev–Trinajstić information content (AvgIpc) is 3.55. The molecule has 3 rings (SSSR count). The second kappa shape index (κ2) is 10.3. The maximum absolute atomic E-state index is 5.73. The number of ether oxygens (including phenoxy) is 2. The zero-order chi connectivity index (χ0) is 17.3. The van der Waals surface area contributed by atoms with Gasteiger partial charge in [0.2, 0.25) is 0 Å². The van der Waals surface area contributed by atoms with Crippen molar-refractivity contribution in [3.05, 3.63) is 0 Å². The standard InChI is InChI=1S/C19H36N4O2/c1-20-19(21-8-2-11-24-14-17-7-12-25-15-17)22-9-10-23(18-5-6-18)13-16-3-4-16/h16-18H,2-15H2,1H3,(H2,20,21,22). The van der Waals surface area contributed by atoms with E-state index in [1.54, 1.807) is 0 Å². The zero-order valence-electron chi connectivity index (χ0n) is 15.8. The second-order valence-corrected chi connectivity index (χ2v) is 7.75. The van der Waals surface area contributed by atoms with Gasteiger partial charge in [0, 0.05) is 58.4 Å². The van der Waals surface area contributed by atoms with Gasteiger partial charge in [0.25, 0.3) is 0 Å². The predicted molar refractivity (Wildman–Crippen MR) is 101 cm³/mol.